The highest BCUT2D eigenvalue weighted by atomic mass is 32.1. The van der Waals surface area contributed by atoms with Crippen LogP contribution in [-0.2, 0) is 16.0 Å². The summed E-state index contributed by atoms with van der Waals surface area (Å²) in [6, 6.07) is 3.62. The lowest BCUT2D eigenvalue weighted by Crippen LogP contribution is -2.17. The van der Waals surface area contributed by atoms with Crippen molar-refractivity contribution < 1.29 is 32.2 Å². The third-order valence-electron chi connectivity index (χ3n) is 2.98. The fraction of sp³-hybridized carbons (Fsp3) is 0.312. The van der Waals surface area contributed by atoms with Crippen molar-refractivity contribution in [3.05, 3.63) is 34.8 Å². The number of nitrogens with one attached hydrogen (secondary N) is 1. The fourth-order valence-corrected chi connectivity index (χ4v) is 2.63. The summed E-state index contributed by atoms with van der Waals surface area (Å²) in [5, 5.41) is 6.01. The predicted molar refractivity (Wildman–Crippen MR) is 93.3 cm³/mol. The first kappa shape index (κ1) is 20.5. The van der Waals surface area contributed by atoms with Crippen molar-refractivity contribution in [3.63, 3.8) is 0 Å². The zero-order valence-electron chi connectivity index (χ0n) is 14.4. The van der Waals surface area contributed by atoms with E-state index >= 15 is 0 Å². The second-order valence-electron chi connectivity index (χ2n) is 4.95. The van der Waals surface area contributed by atoms with Gasteiger partial charge in [-0.3, -0.25) is 10.2 Å². The van der Waals surface area contributed by atoms with Crippen molar-refractivity contribution >= 4 is 28.7 Å². The number of halogens is 3. The number of aromatic nitrogens is 1. The highest BCUT2D eigenvalue weighted by molar-refractivity contribution is 7.13. The molecule has 0 saturated heterocycles. The van der Waals surface area contributed by atoms with Crippen LogP contribution in [0.25, 0.3) is 0 Å². The Kier molecular flexibility index (Phi) is 6.99. The van der Waals surface area contributed by atoms with Crippen molar-refractivity contribution in [3.8, 4) is 11.5 Å². The monoisotopic (exact) mass is 403 g/mol. The summed E-state index contributed by atoms with van der Waals surface area (Å²) in [4.78, 5) is 15.6. The van der Waals surface area contributed by atoms with Gasteiger partial charge in [0.25, 0.3) is 0 Å². The maximum atomic E-state index is 12.3. The number of esters is 1. The molecule has 0 unspecified atom stereocenters. The number of thiazole rings is 1. The standard InChI is InChI=1S/C16H16F3N3O4S/c1-3-25-14(23)7-11-9-27-15(21-11)22-20-8-10-6-12(26-16(17,18)19)4-5-13(10)24-2/h4-6,8-9H,3,7H2,1-2H3,(H,21,22). The van der Waals surface area contributed by atoms with E-state index in [0.717, 1.165) is 12.1 Å². The van der Waals surface area contributed by atoms with Crippen LogP contribution in [0.2, 0.25) is 0 Å². The average molecular weight is 403 g/mol. The number of hydrogen-bond acceptors (Lipinski definition) is 8. The summed E-state index contributed by atoms with van der Waals surface area (Å²) in [6.45, 7) is 2.00. The molecule has 2 aromatic rings. The Morgan fingerprint density at radius 1 is 1.41 bits per heavy atom. The average Bonchev–Trinajstić information content (AvgIpc) is 3.01. The van der Waals surface area contributed by atoms with Crippen molar-refractivity contribution in [2.75, 3.05) is 19.1 Å². The lowest BCUT2D eigenvalue weighted by Gasteiger charge is -2.11. The Morgan fingerprint density at radius 3 is 2.85 bits per heavy atom. The van der Waals surface area contributed by atoms with Crippen LogP contribution >= 0.6 is 11.3 Å². The van der Waals surface area contributed by atoms with Gasteiger partial charge in [-0.25, -0.2) is 4.98 Å². The van der Waals surface area contributed by atoms with Crippen molar-refractivity contribution in [2.24, 2.45) is 5.10 Å². The summed E-state index contributed by atoms with van der Waals surface area (Å²) < 4.78 is 50.8. The van der Waals surface area contributed by atoms with Gasteiger partial charge >= 0.3 is 12.3 Å². The van der Waals surface area contributed by atoms with Gasteiger partial charge in [-0.15, -0.1) is 24.5 Å². The van der Waals surface area contributed by atoms with Crippen LogP contribution in [0.15, 0.2) is 28.7 Å². The molecule has 0 saturated carbocycles. The van der Waals surface area contributed by atoms with Gasteiger partial charge in [-0.2, -0.15) is 5.10 Å². The third-order valence-corrected chi connectivity index (χ3v) is 3.78. The molecule has 0 aliphatic carbocycles. The second-order valence-corrected chi connectivity index (χ2v) is 5.81. The van der Waals surface area contributed by atoms with Crippen LogP contribution in [0.4, 0.5) is 18.3 Å². The number of hydrazone groups is 1. The van der Waals surface area contributed by atoms with E-state index in [1.165, 1.54) is 30.7 Å². The molecule has 27 heavy (non-hydrogen) atoms. The molecule has 0 atom stereocenters. The molecular formula is C16H16F3N3O4S. The molecule has 0 aliphatic heterocycles. The molecule has 1 aromatic heterocycles. The first-order valence-corrected chi connectivity index (χ1v) is 8.51. The minimum Gasteiger partial charge on any atom is -0.496 e. The molecule has 146 valence electrons. The Hall–Kier alpha value is -2.82. The van der Waals surface area contributed by atoms with Gasteiger partial charge in [0.2, 0.25) is 5.13 Å². The molecule has 1 heterocycles. The molecule has 11 heteroatoms. The van der Waals surface area contributed by atoms with Gasteiger partial charge in [0.15, 0.2) is 0 Å². The van der Waals surface area contributed by atoms with Gasteiger partial charge in [0.05, 0.1) is 32.0 Å². The van der Waals surface area contributed by atoms with Crippen LogP contribution < -0.4 is 14.9 Å². The number of rotatable bonds is 8. The summed E-state index contributed by atoms with van der Waals surface area (Å²) in [5.74, 6) is -0.461. The van der Waals surface area contributed by atoms with Crippen LogP contribution in [0.1, 0.15) is 18.2 Å². The number of carbonyl (C=O) groups excluding carboxylic acids is 1. The van der Waals surface area contributed by atoms with E-state index in [9.17, 15) is 18.0 Å². The first-order valence-electron chi connectivity index (χ1n) is 7.63. The quantitative estimate of drug-likeness (QED) is 0.412. The number of hydrogen-bond donors (Lipinski definition) is 1. The van der Waals surface area contributed by atoms with E-state index in [1.54, 1.807) is 12.3 Å². The van der Waals surface area contributed by atoms with Crippen LogP contribution in [0.5, 0.6) is 11.5 Å². The Balaban J connectivity index is 2.04. The Bertz CT molecular complexity index is 808. The van der Waals surface area contributed by atoms with Gasteiger partial charge in [0, 0.05) is 10.9 Å². The number of anilines is 1. The number of benzene rings is 1. The summed E-state index contributed by atoms with van der Waals surface area (Å²) in [7, 11) is 1.38. The maximum Gasteiger partial charge on any atom is 0.573 e. The van der Waals surface area contributed by atoms with Gasteiger partial charge in [-0.1, -0.05) is 0 Å². The molecule has 0 amide bonds. The fourth-order valence-electron chi connectivity index (χ4n) is 1.97. The van der Waals surface area contributed by atoms with E-state index < -0.39 is 12.1 Å². The lowest BCUT2D eigenvalue weighted by molar-refractivity contribution is -0.274. The number of nitrogens with zero attached hydrogens (tertiary/aromatic N) is 2. The number of ether oxygens (including phenoxy) is 3. The van der Waals surface area contributed by atoms with E-state index in [-0.39, 0.29) is 24.6 Å². The highest BCUT2D eigenvalue weighted by Crippen LogP contribution is 2.27. The number of alkyl halides is 3. The third kappa shape index (κ3) is 6.77. The zero-order chi connectivity index (χ0) is 19.9. The summed E-state index contributed by atoms with van der Waals surface area (Å²) >= 11 is 1.22. The molecule has 1 aromatic carbocycles. The molecule has 0 fully saturated rings. The Morgan fingerprint density at radius 2 is 2.19 bits per heavy atom. The molecular weight excluding hydrogens is 387 g/mol. The van der Waals surface area contributed by atoms with Crippen LogP contribution in [-0.4, -0.2) is 37.2 Å². The molecule has 2 rings (SSSR count). The minimum atomic E-state index is -4.79. The minimum absolute atomic E-state index is 0.0420. The van der Waals surface area contributed by atoms with Gasteiger partial charge < -0.3 is 14.2 Å². The number of carbonyl (C=O) groups is 1. The van der Waals surface area contributed by atoms with Gasteiger partial charge in [-0.05, 0) is 25.1 Å². The molecule has 1 N–H and O–H groups in total. The molecule has 0 spiro atoms. The maximum absolute atomic E-state index is 12.3. The van der Waals surface area contributed by atoms with E-state index in [1.807, 2.05) is 0 Å². The highest BCUT2D eigenvalue weighted by Gasteiger charge is 2.31. The number of methoxy groups -OCH3 is 1. The van der Waals surface area contributed by atoms with Gasteiger partial charge in [0.1, 0.15) is 11.5 Å². The smallest absolute Gasteiger partial charge is 0.496 e. The molecule has 0 aliphatic rings. The molecule has 0 radical (unpaired) electrons. The topological polar surface area (TPSA) is 82.0 Å². The molecule has 0 bridgehead atoms. The van der Waals surface area contributed by atoms with Crippen LogP contribution in [0.3, 0.4) is 0 Å². The summed E-state index contributed by atoms with van der Waals surface area (Å²) in [6.07, 6.45) is -3.48. The lowest BCUT2D eigenvalue weighted by atomic mass is 10.2. The molecule has 7 nitrogen and oxygen atoms in total. The van der Waals surface area contributed by atoms with Crippen molar-refractivity contribution in [1.29, 1.82) is 0 Å². The zero-order valence-corrected chi connectivity index (χ0v) is 15.2. The van der Waals surface area contributed by atoms with Crippen molar-refractivity contribution in [2.45, 2.75) is 19.7 Å². The second kappa shape index (κ2) is 9.21. The van der Waals surface area contributed by atoms with Crippen molar-refractivity contribution in [1.82, 2.24) is 4.98 Å². The summed E-state index contributed by atoms with van der Waals surface area (Å²) in [5.41, 5.74) is 3.44. The van der Waals surface area contributed by atoms with E-state index in [2.05, 4.69) is 20.2 Å². The largest absolute Gasteiger partial charge is 0.573 e. The SMILES string of the molecule is CCOC(=O)Cc1csc(NN=Cc2cc(OC(F)(F)F)ccc2OC)n1. The normalized spacial score (nSPS) is 11.4. The Labute approximate surface area is 156 Å². The predicted octanol–water partition coefficient (Wildman–Crippen LogP) is 3.60. The first-order chi connectivity index (χ1) is 12.8. The van der Waals surface area contributed by atoms with E-state index in [4.69, 9.17) is 9.47 Å². The van der Waals surface area contributed by atoms with Crippen LogP contribution in [0, 0.1) is 0 Å². The van der Waals surface area contributed by atoms with E-state index in [0.29, 0.717) is 16.6 Å².